The molecule has 0 aromatic heterocycles. The lowest BCUT2D eigenvalue weighted by Crippen LogP contribution is -2.42. The third-order valence-electron chi connectivity index (χ3n) is 5.83. The number of halogens is 3. The van der Waals surface area contributed by atoms with Crippen LogP contribution in [0, 0.1) is 23.4 Å². The summed E-state index contributed by atoms with van der Waals surface area (Å²) < 4.78 is 40.4. The summed E-state index contributed by atoms with van der Waals surface area (Å²) in [7, 11) is 0. The smallest absolute Gasteiger partial charge is 0.224 e. The molecule has 1 amide bonds. The summed E-state index contributed by atoms with van der Waals surface area (Å²) in [6, 6.07) is 17.3. The molecule has 3 aromatic rings. The molecule has 3 aromatic carbocycles. The number of nitrogens with one attached hydrogen (secondary N) is 1. The fourth-order valence-electron chi connectivity index (χ4n) is 4.17. The fraction of sp³-hybridized carbons (Fsp3) is 0.269. The van der Waals surface area contributed by atoms with Crippen molar-refractivity contribution in [3.8, 4) is 11.1 Å². The van der Waals surface area contributed by atoms with Crippen LogP contribution < -0.4 is 5.32 Å². The highest BCUT2D eigenvalue weighted by molar-refractivity contribution is 5.79. The number of hydrogen-bond acceptors (Lipinski definition) is 2. The molecule has 166 valence electrons. The number of hydrogen-bond donors (Lipinski definition) is 1. The van der Waals surface area contributed by atoms with E-state index in [2.05, 4.69) is 10.2 Å². The Balaban J connectivity index is 1.36. The van der Waals surface area contributed by atoms with Crippen LogP contribution in [0.3, 0.4) is 0 Å². The van der Waals surface area contributed by atoms with Gasteiger partial charge in [-0.1, -0.05) is 30.3 Å². The summed E-state index contributed by atoms with van der Waals surface area (Å²) in [5, 5.41) is 2.95. The number of carbonyl (C=O) groups is 1. The van der Waals surface area contributed by atoms with Gasteiger partial charge in [0.1, 0.15) is 17.5 Å². The van der Waals surface area contributed by atoms with Crippen LogP contribution in [-0.2, 0) is 17.9 Å². The van der Waals surface area contributed by atoms with E-state index >= 15 is 0 Å². The minimum absolute atomic E-state index is 0.00107. The molecule has 0 saturated carbocycles. The third kappa shape index (κ3) is 5.56. The molecule has 32 heavy (non-hydrogen) atoms. The molecule has 1 saturated heterocycles. The van der Waals surface area contributed by atoms with Crippen molar-refractivity contribution in [2.24, 2.45) is 5.92 Å². The summed E-state index contributed by atoms with van der Waals surface area (Å²) in [6.45, 7) is 2.56. The molecule has 1 aliphatic heterocycles. The Hall–Kier alpha value is -3.12. The molecular weight excluding hydrogens is 413 g/mol. The Labute approximate surface area is 185 Å². The van der Waals surface area contributed by atoms with Crippen LogP contribution in [-0.4, -0.2) is 23.9 Å². The highest BCUT2D eigenvalue weighted by atomic mass is 19.1. The molecule has 1 fully saturated rings. The standard InChI is InChI=1S/C26H25F3N2O/c27-22-8-6-18(7-9-22)15-30-26(32)21-5-2-12-31(17-21)16-19-3-1-4-20(13-19)24-11-10-23(28)14-25(24)29/h1,3-4,6-11,13-14,21H,2,5,12,15-17H2,(H,30,32). The van der Waals surface area contributed by atoms with Crippen LogP contribution in [0.4, 0.5) is 13.2 Å². The van der Waals surface area contributed by atoms with Gasteiger partial charge >= 0.3 is 0 Å². The highest BCUT2D eigenvalue weighted by Crippen LogP contribution is 2.26. The number of benzene rings is 3. The second-order valence-electron chi connectivity index (χ2n) is 8.24. The molecule has 1 aliphatic rings. The molecule has 0 spiro atoms. The van der Waals surface area contributed by atoms with Crippen molar-refractivity contribution >= 4 is 5.91 Å². The van der Waals surface area contributed by atoms with Gasteiger partial charge in [-0.15, -0.1) is 0 Å². The number of nitrogens with zero attached hydrogens (tertiary/aromatic N) is 1. The lowest BCUT2D eigenvalue weighted by atomic mass is 9.96. The largest absolute Gasteiger partial charge is 0.352 e. The zero-order valence-corrected chi connectivity index (χ0v) is 17.7. The third-order valence-corrected chi connectivity index (χ3v) is 5.83. The normalized spacial score (nSPS) is 16.7. The van der Waals surface area contributed by atoms with Crippen LogP contribution in [0.1, 0.15) is 24.0 Å². The van der Waals surface area contributed by atoms with E-state index in [1.54, 1.807) is 12.1 Å². The first-order valence-electron chi connectivity index (χ1n) is 10.8. The van der Waals surface area contributed by atoms with E-state index in [9.17, 15) is 18.0 Å². The van der Waals surface area contributed by atoms with Gasteiger partial charge < -0.3 is 5.32 Å². The van der Waals surface area contributed by atoms with Gasteiger partial charge in [0.15, 0.2) is 0 Å². The lowest BCUT2D eigenvalue weighted by Gasteiger charge is -2.32. The van der Waals surface area contributed by atoms with E-state index in [4.69, 9.17) is 0 Å². The van der Waals surface area contributed by atoms with Gasteiger partial charge in [-0.3, -0.25) is 9.69 Å². The molecule has 0 aliphatic carbocycles. The highest BCUT2D eigenvalue weighted by Gasteiger charge is 2.25. The zero-order valence-electron chi connectivity index (χ0n) is 17.7. The monoisotopic (exact) mass is 438 g/mol. The van der Waals surface area contributed by atoms with Crippen molar-refractivity contribution in [2.45, 2.75) is 25.9 Å². The maximum Gasteiger partial charge on any atom is 0.224 e. The summed E-state index contributed by atoms with van der Waals surface area (Å²) in [4.78, 5) is 14.9. The summed E-state index contributed by atoms with van der Waals surface area (Å²) in [5.41, 5.74) is 2.94. The molecule has 6 heteroatoms. The number of amides is 1. The average molecular weight is 438 g/mol. The summed E-state index contributed by atoms with van der Waals surface area (Å²) in [6.07, 6.45) is 1.74. The van der Waals surface area contributed by atoms with Crippen LogP contribution in [0.25, 0.3) is 11.1 Å². The van der Waals surface area contributed by atoms with E-state index in [-0.39, 0.29) is 17.6 Å². The Morgan fingerprint density at radius 3 is 2.50 bits per heavy atom. The van der Waals surface area contributed by atoms with Gasteiger partial charge in [0.25, 0.3) is 0 Å². The molecule has 0 bridgehead atoms. The fourth-order valence-corrected chi connectivity index (χ4v) is 4.17. The predicted molar refractivity (Wildman–Crippen MR) is 118 cm³/mol. The number of carbonyl (C=O) groups excluding carboxylic acids is 1. The van der Waals surface area contributed by atoms with Gasteiger partial charge in [-0.25, -0.2) is 13.2 Å². The number of piperidine rings is 1. The van der Waals surface area contributed by atoms with Crippen LogP contribution in [0.2, 0.25) is 0 Å². The Morgan fingerprint density at radius 1 is 0.938 bits per heavy atom. The summed E-state index contributed by atoms with van der Waals surface area (Å²) >= 11 is 0. The number of rotatable bonds is 6. The van der Waals surface area contributed by atoms with E-state index in [1.165, 1.54) is 24.3 Å². The molecule has 1 N–H and O–H groups in total. The van der Waals surface area contributed by atoms with Gasteiger partial charge in [-0.2, -0.15) is 0 Å². The predicted octanol–water partition coefficient (Wildman–Crippen LogP) is 5.30. The van der Waals surface area contributed by atoms with Crippen LogP contribution in [0.15, 0.2) is 66.7 Å². The Bertz CT molecular complexity index is 1080. The van der Waals surface area contributed by atoms with Crippen molar-refractivity contribution in [1.82, 2.24) is 10.2 Å². The van der Waals surface area contributed by atoms with Gasteiger partial charge in [-0.05, 0) is 66.4 Å². The topological polar surface area (TPSA) is 32.3 Å². The van der Waals surface area contributed by atoms with Gasteiger partial charge in [0, 0.05) is 31.3 Å². The molecule has 0 radical (unpaired) electrons. The maximum atomic E-state index is 14.2. The number of likely N-dealkylation sites (tertiary alicyclic amines) is 1. The Kier molecular flexibility index (Phi) is 6.90. The van der Waals surface area contributed by atoms with Crippen molar-refractivity contribution in [3.05, 3.63) is 95.3 Å². The first-order valence-corrected chi connectivity index (χ1v) is 10.8. The van der Waals surface area contributed by atoms with Crippen molar-refractivity contribution in [3.63, 3.8) is 0 Å². The summed E-state index contributed by atoms with van der Waals surface area (Å²) in [5.74, 6) is -1.59. The van der Waals surface area contributed by atoms with Crippen molar-refractivity contribution in [1.29, 1.82) is 0 Å². The SMILES string of the molecule is O=C(NCc1ccc(F)cc1)C1CCCN(Cc2cccc(-c3ccc(F)cc3F)c2)C1. The quantitative estimate of drug-likeness (QED) is 0.567. The molecule has 1 unspecified atom stereocenters. The second-order valence-corrected chi connectivity index (χ2v) is 8.24. The van der Waals surface area contributed by atoms with Gasteiger partial charge in [0.2, 0.25) is 5.91 Å². The Morgan fingerprint density at radius 2 is 1.72 bits per heavy atom. The second kappa shape index (κ2) is 10.0. The zero-order chi connectivity index (χ0) is 22.5. The van der Waals surface area contributed by atoms with Gasteiger partial charge in [0.05, 0.1) is 5.92 Å². The first-order chi connectivity index (χ1) is 15.5. The van der Waals surface area contributed by atoms with Crippen molar-refractivity contribution in [2.75, 3.05) is 13.1 Å². The van der Waals surface area contributed by atoms with E-state index in [1.807, 2.05) is 24.3 Å². The lowest BCUT2D eigenvalue weighted by molar-refractivity contribution is -0.126. The molecule has 3 nitrogen and oxygen atoms in total. The van der Waals surface area contributed by atoms with Crippen LogP contribution >= 0.6 is 0 Å². The van der Waals surface area contributed by atoms with E-state index in [0.29, 0.717) is 30.8 Å². The molecule has 4 rings (SSSR count). The van der Waals surface area contributed by atoms with E-state index < -0.39 is 11.6 Å². The minimum atomic E-state index is -0.598. The van der Waals surface area contributed by atoms with Crippen LogP contribution in [0.5, 0.6) is 0 Å². The van der Waals surface area contributed by atoms with E-state index in [0.717, 1.165) is 36.6 Å². The average Bonchev–Trinajstić information content (AvgIpc) is 2.79. The molecule has 1 atom stereocenters. The minimum Gasteiger partial charge on any atom is -0.352 e. The first kappa shape index (κ1) is 22.1. The van der Waals surface area contributed by atoms with Crippen molar-refractivity contribution < 1.29 is 18.0 Å². The molecular formula is C26H25F3N2O. The maximum absolute atomic E-state index is 14.2. The molecule has 1 heterocycles.